The van der Waals surface area contributed by atoms with E-state index >= 15 is 0 Å². The number of phenols is 2. The third-order valence-electron chi connectivity index (χ3n) is 2.71. The van der Waals surface area contributed by atoms with Gasteiger partial charge in [0.25, 0.3) is 0 Å². The molecule has 14 heavy (non-hydrogen) atoms. The average molecular weight is 259 g/mol. The summed E-state index contributed by atoms with van der Waals surface area (Å²) < 4.78 is 0. The van der Waals surface area contributed by atoms with E-state index in [1.807, 2.05) is 20.8 Å². The number of hydrogen-bond donors (Lipinski definition) is 2. The van der Waals surface area contributed by atoms with Gasteiger partial charge in [-0.2, -0.15) is 0 Å². The van der Waals surface area contributed by atoms with Crippen LogP contribution in [0, 0.1) is 20.8 Å². The molecule has 0 aliphatic rings. The van der Waals surface area contributed by atoms with E-state index in [0.29, 0.717) is 11.5 Å². The number of rotatable bonds is 2. The van der Waals surface area contributed by atoms with Crippen LogP contribution in [0.1, 0.15) is 22.3 Å². The molecule has 0 spiro atoms. The van der Waals surface area contributed by atoms with Gasteiger partial charge in [-0.1, -0.05) is 15.9 Å². The summed E-state index contributed by atoms with van der Waals surface area (Å²) in [6.45, 7) is 5.47. The van der Waals surface area contributed by atoms with Gasteiger partial charge in [-0.3, -0.25) is 0 Å². The average Bonchev–Trinajstić information content (AvgIpc) is 2.19. The van der Waals surface area contributed by atoms with Crippen LogP contribution in [0.2, 0.25) is 0 Å². The molecule has 0 aliphatic carbocycles. The molecule has 0 aliphatic heterocycles. The minimum atomic E-state index is 0.302. The number of aromatic hydroxyl groups is 2. The van der Waals surface area contributed by atoms with Crippen molar-refractivity contribution in [2.45, 2.75) is 27.2 Å². The van der Waals surface area contributed by atoms with Gasteiger partial charge in [0.05, 0.1) is 0 Å². The summed E-state index contributed by atoms with van der Waals surface area (Å²) in [6.07, 6.45) is 0.729. The smallest absolute Gasteiger partial charge is 0.122 e. The fraction of sp³-hybridized carbons (Fsp3) is 0.455. The predicted molar refractivity (Wildman–Crippen MR) is 61.5 cm³/mol. The maximum atomic E-state index is 9.88. The molecule has 0 radical (unpaired) electrons. The quantitative estimate of drug-likeness (QED) is 0.633. The summed E-state index contributed by atoms with van der Waals surface area (Å²) in [5.41, 5.74) is 3.15. The molecule has 78 valence electrons. The SMILES string of the molecule is Cc1c(C)c(O)c(CCBr)c(C)c1O. The monoisotopic (exact) mass is 258 g/mol. The standard InChI is InChI=1S/C11H15BrO2/c1-6-7(2)11(14)9(4-5-12)8(3)10(6)13/h13-14H,4-5H2,1-3H3. The molecule has 3 heteroatoms. The molecule has 0 unspecified atom stereocenters. The van der Waals surface area contributed by atoms with Crippen molar-refractivity contribution in [2.24, 2.45) is 0 Å². The molecule has 0 bridgehead atoms. The lowest BCUT2D eigenvalue weighted by Crippen LogP contribution is -1.97. The van der Waals surface area contributed by atoms with Crippen LogP contribution in [0.3, 0.4) is 0 Å². The third kappa shape index (κ3) is 1.73. The van der Waals surface area contributed by atoms with E-state index in [4.69, 9.17) is 0 Å². The van der Waals surface area contributed by atoms with Gasteiger partial charge in [-0.15, -0.1) is 0 Å². The second kappa shape index (κ2) is 4.22. The molecular weight excluding hydrogens is 244 g/mol. The Bertz CT molecular complexity index is 330. The van der Waals surface area contributed by atoms with Crippen molar-refractivity contribution in [3.05, 3.63) is 22.3 Å². The number of phenolic OH excluding ortho intramolecular Hbond substituents is 2. The Labute approximate surface area is 92.7 Å². The van der Waals surface area contributed by atoms with Crippen molar-refractivity contribution in [3.8, 4) is 11.5 Å². The first kappa shape index (κ1) is 11.4. The molecule has 0 aromatic heterocycles. The topological polar surface area (TPSA) is 40.5 Å². The summed E-state index contributed by atoms with van der Waals surface area (Å²) >= 11 is 3.33. The van der Waals surface area contributed by atoms with Gasteiger partial charge < -0.3 is 10.2 Å². The molecule has 0 saturated carbocycles. The first-order valence-electron chi connectivity index (χ1n) is 4.57. The molecular formula is C11H15BrO2. The van der Waals surface area contributed by atoms with Gasteiger partial charge in [0.15, 0.2) is 0 Å². The van der Waals surface area contributed by atoms with Crippen molar-refractivity contribution in [3.63, 3.8) is 0 Å². The van der Waals surface area contributed by atoms with Gasteiger partial charge in [0.1, 0.15) is 11.5 Å². The van der Waals surface area contributed by atoms with Crippen molar-refractivity contribution < 1.29 is 10.2 Å². The summed E-state index contributed by atoms with van der Waals surface area (Å²) in [6, 6.07) is 0. The number of benzene rings is 1. The minimum Gasteiger partial charge on any atom is -0.507 e. The Morgan fingerprint density at radius 2 is 1.43 bits per heavy atom. The minimum absolute atomic E-state index is 0.302. The zero-order chi connectivity index (χ0) is 10.9. The van der Waals surface area contributed by atoms with E-state index in [1.165, 1.54) is 0 Å². The van der Waals surface area contributed by atoms with Gasteiger partial charge in [-0.25, -0.2) is 0 Å². The Morgan fingerprint density at radius 3 is 1.93 bits per heavy atom. The first-order valence-corrected chi connectivity index (χ1v) is 5.69. The summed E-state index contributed by atoms with van der Waals surface area (Å²) in [7, 11) is 0. The zero-order valence-electron chi connectivity index (χ0n) is 8.69. The van der Waals surface area contributed by atoms with E-state index in [0.717, 1.165) is 34.0 Å². The molecule has 2 nitrogen and oxygen atoms in total. The van der Waals surface area contributed by atoms with Crippen molar-refractivity contribution >= 4 is 15.9 Å². The fourth-order valence-corrected chi connectivity index (χ4v) is 1.98. The molecule has 0 fully saturated rings. The van der Waals surface area contributed by atoms with Crippen LogP contribution >= 0.6 is 15.9 Å². The highest BCUT2D eigenvalue weighted by molar-refractivity contribution is 9.09. The van der Waals surface area contributed by atoms with Crippen LogP contribution in [0.25, 0.3) is 0 Å². The third-order valence-corrected chi connectivity index (χ3v) is 3.11. The Morgan fingerprint density at radius 1 is 0.929 bits per heavy atom. The van der Waals surface area contributed by atoms with Crippen LogP contribution in [0.4, 0.5) is 0 Å². The van der Waals surface area contributed by atoms with Crippen LogP contribution in [-0.2, 0) is 6.42 Å². The van der Waals surface area contributed by atoms with E-state index in [2.05, 4.69) is 15.9 Å². The van der Waals surface area contributed by atoms with Crippen LogP contribution in [0.5, 0.6) is 11.5 Å². The molecule has 0 saturated heterocycles. The largest absolute Gasteiger partial charge is 0.507 e. The predicted octanol–water partition coefficient (Wildman–Crippen LogP) is 2.96. The molecule has 1 aromatic rings. The highest BCUT2D eigenvalue weighted by atomic mass is 79.9. The molecule has 1 aromatic carbocycles. The van der Waals surface area contributed by atoms with Crippen LogP contribution < -0.4 is 0 Å². The van der Waals surface area contributed by atoms with Gasteiger partial charge in [0, 0.05) is 10.9 Å². The van der Waals surface area contributed by atoms with E-state index < -0.39 is 0 Å². The normalized spacial score (nSPS) is 10.6. The fourth-order valence-electron chi connectivity index (χ4n) is 1.58. The van der Waals surface area contributed by atoms with E-state index in [-0.39, 0.29) is 0 Å². The van der Waals surface area contributed by atoms with Crippen LogP contribution in [-0.4, -0.2) is 15.5 Å². The highest BCUT2D eigenvalue weighted by Crippen LogP contribution is 2.36. The summed E-state index contributed by atoms with van der Waals surface area (Å²) in [5, 5.41) is 20.5. The van der Waals surface area contributed by atoms with Crippen molar-refractivity contribution in [1.82, 2.24) is 0 Å². The molecule has 0 atom stereocenters. The number of halogens is 1. The van der Waals surface area contributed by atoms with Crippen molar-refractivity contribution in [2.75, 3.05) is 5.33 Å². The lowest BCUT2D eigenvalue weighted by atomic mass is 9.96. The summed E-state index contributed by atoms with van der Waals surface area (Å²) in [5.74, 6) is 0.619. The van der Waals surface area contributed by atoms with Crippen molar-refractivity contribution in [1.29, 1.82) is 0 Å². The lowest BCUT2D eigenvalue weighted by molar-refractivity contribution is 0.444. The molecule has 0 heterocycles. The number of alkyl halides is 1. The van der Waals surface area contributed by atoms with Crippen LogP contribution in [0.15, 0.2) is 0 Å². The van der Waals surface area contributed by atoms with E-state index in [1.54, 1.807) is 0 Å². The number of hydrogen-bond acceptors (Lipinski definition) is 2. The Balaban J connectivity index is 3.43. The molecule has 2 N–H and O–H groups in total. The maximum absolute atomic E-state index is 9.88. The second-order valence-corrected chi connectivity index (χ2v) is 4.28. The Kier molecular flexibility index (Phi) is 3.43. The lowest BCUT2D eigenvalue weighted by Gasteiger charge is -2.14. The molecule has 1 rings (SSSR count). The maximum Gasteiger partial charge on any atom is 0.122 e. The van der Waals surface area contributed by atoms with Gasteiger partial charge in [0.2, 0.25) is 0 Å². The first-order chi connectivity index (χ1) is 6.50. The van der Waals surface area contributed by atoms with E-state index in [9.17, 15) is 10.2 Å². The zero-order valence-corrected chi connectivity index (χ0v) is 10.3. The Hall–Kier alpha value is -0.700. The summed E-state index contributed by atoms with van der Waals surface area (Å²) in [4.78, 5) is 0. The van der Waals surface area contributed by atoms with Gasteiger partial charge in [-0.05, 0) is 43.9 Å². The van der Waals surface area contributed by atoms with Gasteiger partial charge >= 0.3 is 0 Å². The highest BCUT2D eigenvalue weighted by Gasteiger charge is 2.15. The molecule has 0 amide bonds. The second-order valence-electron chi connectivity index (χ2n) is 3.49.